The molecule has 2 N–H and O–H groups in total. The van der Waals surface area contributed by atoms with Crippen LogP contribution < -0.4 is 116 Å². The fraction of sp³-hybridized carbons (Fsp3) is 1.00. The molecule has 0 amide bonds. The summed E-state index contributed by atoms with van der Waals surface area (Å²) in [5.74, 6) is 0. The quantitative estimate of drug-likeness (QED) is 0.474. The molecule has 0 fully saturated rings. The van der Waals surface area contributed by atoms with Crippen molar-refractivity contribution in [2.45, 2.75) is 0 Å². The first-order valence-corrected chi connectivity index (χ1v) is 2.28. The predicted octanol–water partition coefficient (Wildman–Crippen LogP) is -4.88. The number of nitrogens with one attached hydrogen (secondary N) is 2. The Morgan fingerprint density at radius 2 is 1.22 bits per heavy atom. The molecule has 5 heteroatoms. The maximum atomic E-state index is 6.59. The van der Waals surface area contributed by atoms with E-state index in [1.807, 2.05) is 0 Å². The summed E-state index contributed by atoms with van der Waals surface area (Å²) in [6, 6.07) is 0. The van der Waals surface area contributed by atoms with E-state index >= 15 is 0 Å². The number of hydrogen-bond acceptors (Lipinski definition) is 1. The molecule has 0 saturated carbocycles. The molecule has 0 heterocycles. The summed E-state index contributed by atoms with van der Waals surface area (Å²) >= 11 is 0. The minimum Gasteiger partial charge on any atom is -0.676 e. The van der Waals surface area contributed by atoms with Crippen LogP contribution in [0.3, 0.4) is 0 Å². The summed E-state index contributed by atoms with van der Waals surface area (Å²) in [5, 5.41) is 0. The maximum absolute atomic E-state index is 6.59. The Labute approximate surface area is 154 Å². The van der Waals surface area contributed by atoms with E-state index in [-0.39, 0.29) is 116 Å². The van der Waals surface area contributed by atoms with Crippen molar-refractivity contribution in [1.82, 2.24) is 0 Å². The van der Waals surface area contributed by atoms with E-state index in [4.69, 9.17) is 16.2 Å². The average Bonchev–Trinajstić information content (AvgIpc) is 1.69. The largest absolute Gasteiger partial charge is 1.00 e. The van der Waals surface area contributed by atoms with Crippen LogP contribution in [0, 0.1) is 0 Å². The molecule has 0 aromatic heterocycles. The molecule has 0 aromatic rings. The van der Waals surface area contributed by atoms with Gasteiger partial charge in [-0.15, -0.1) is 13.1 Å². The van der Waals surface area contributed by atoms with Gasteiger partial charge in [-0.3, -0.25) is 0 Å². The maximum Gasteiger partial charge on any atom is 1.00 e. The van der Waals surface area contributed by atoms with Crippen molar-refractivity contribution in [3.8, 4) is 0 Å². The van der Waals surface area contributed by atoms with E-state index in [0.29, 0.717) is 26.3 Å². The molecule has 3 nitrogen and oxygen atoms in total. The minimum atomic E-state index is 0. The predicted molar refractivity (Wildman–Crippen MR) is 29.2 cm³/mol. The van der Waals surface area contributed by atoms with Crippen LogP contribution in [0.2, 0.25) is 0 Å². The minimum absolute atomic E-state index is 0. The van der Waals surface area contributed by atoms with Gasteiger partial charge >= 0.3 is 116 Å². The van der Waals surface area contributed by atoms with Gasteiger partial charge in [0.1, 0.15) is 0 Å². The molecule has 9 heavy (non-hydrogen) atoms. The van der Waals surface area contributed by atoms with Crippen molar-refractivity contribution in [1.29, 1.82) is 0 Å². The first-order valence-electron chi connectivity index (χ1n) is 2.28. The van der Waals surface area contributed by atoms with Crippen molar-refractivity contribution in [2.24, 2.45) is 0 Å². The number of rotatable bonds is 4. The van der Waals surface area contributed by atoms with Crippen LogP contribution in [0.4, 0.5) is 0 Å². The monoisotopic (exact) mass is 272 g/mol. The summed E-state index contributed by atoms with van der Waals surface area (Å²) < 4.78 is 4.76. The molecule has 0 bridgehead atoms. The van der Waals surface area contributed by atoms with Crippen LogP contribution in [0.5, 0.6) is 0 Å². The van der Waals surface area contributed by atoms with E-state index in [2.05, 4.69) is 0 Å². The SMILES string of the molecule is [NH-]CCOCC[NH-].[Rb+].[Rb+]. The first kappa shape index (κ1) is 18.3. The number of hydrogen-bond donors (Lipinski definition) is 0. The second-order valence-electron chi connectivity index (χ2n) is 1.11. The van der Waals surface area contributed by atoms with Crippen LogP contribution in [0.1, 0.15) is 0 Å². The zero-order valence-corrected chi connectivity index (χ0v) is 16.1. The van der Waals surface area contributed by atoms with E-state index < -0.39 is 0 Å². The van der Waals surface area contributed by atoms with Gasteiger partial charge in [0.05, 0.1) is 0 Å². The summed E-state index contributed by atoms with van der Waals surface area (Å²) in [7, 11) is 0. The van der Waals surface area contributed by atoms with Crippen LogP contribution in [0.15, 0.2) is 0 Å². The van der Waals surface area contributed by atoms with Crippen molar-refractivity contribution >= 4 is 0 Å². The molecule has 0 radical (unpaired) electrons. The molecule has 0 aliphatic heterocycles. The fourth-order valence-electron chi connectivity index (χ4n) is 0.246. The Bertz CT molecular complexity index is 35.7. The van der Waals surface area contributed by atoms with Gasteiger partial charge in [-0.1, -0.05) is 0 Å². The first-order chi connectivity index (χ1) is 3.41. The van der Waals surface area contributed by atoms with Crippen LogP contribution in [0.25, 0.3) is 11.5 Å². The topological polar surface area (TPSA) is 56.8 Å². The zero-order chi connectivity index (χ0) is 5.54. The molecule has 0 aromatic carbocycles. The van der Waals surface area contributed by atoms with Crippen molar-refractivity contribution in [3.63, 3.8) is 0 Å². The standard InChI is InChI=1S/C4H10N2O.2Rb/c5-1-3-7-4-2-6;;/h5-6H,1-4H2;;/q-2;2*+1. The van der Waals surface area contributed by atoms with Crippen LogP contribution in [-0.4, -0.2) is 26.3 Å². The van der Waals surface area contributed by atoms with E-state index in [9.17, 15) is 0 Å². The van der Waals surface area contributed by atoms with Gasteiger partial charge in [0, 0.05) is 13.2 Å². The van der Waals surface area contributed by atoms with Gasteiger partial charge in [0.15, 0.2) is 0 Å². The summed E-state index contributed by atoms with van der Waals surface area (Å²) in [5.41, 5.74) is 13.2. The van der Waals surface area contributed by atoms with Crippen LogP contribution in [-0.2, 0) is 4.74 Å². The van der Waals surface area contributed by atoms with E-state index in [0.717, 1.165) is 0 Å². The Morgan fingerprint density at radius 1 is 0.889 bits per heavy atom. The van der Waals surface area contributed by atoms with Gasteiger partial charge in [0.25, 0.3) is 0 Å². The smallest absolute Gasteiger partial charge is 0.676 e. The van der Waals surface area contributed by atoms with E-state index in [1.54, 1.807) is 0 Å². The van der Waals surface area contributed by atoms with Crippen LogP contribution >= 0.6 is 0 Å². The fourth-order valence-corrected chi connectivity index (χ4v) is 0.246. The van der Waals surface area contributed by atoms with Gasteiger partial charge in [0.2, 0.25) is 0 Å². The Morgan fingerprint density at radius 3 is 1.44 bits per heavy atom. The molecular formula is C4H10N2ORb2. The molecule has 0 aliphatic carbocycles. The summed E-state index contributed by atoms with van der Waals surface area (Å²) in [6.45, 7) is 1.55. The molecular weight excluding hydrogens is 263 g/mol. The molecule has 44 valence electrons. The van der Waals surface area contributed by atoms with E-state index in [1.165, 1.54) is 0 Å². The Balaban J connectivity index is -0.000000180. The normalized spacial score (nSPS) is 7.33. The van der Waals surface area contributed by atoms with Gasteiger partial charge < -0.3 is 16.2 Å². The number of ether oxygens (including phenoxy) is 1. The third kappa shape index (κ3) is 18.4. The van der Waals surface area contributed by atoms with Gasteiger partial charge in [-0.05, 0) is 0 Å². The van der Waals surface area contributed by atoms with Crippen molar-refractivity contribution < 1.29 is 121 Å². The third-order valence-electron chi connectivity index (χ3n) is 0.493. The molecule has 0 aliphatic rings. The second kappa shape index (κ2) is 17.5. The van der Waals surface area contributed by atoms with Gasteiger partial charge in [-0.25, -0.2) is 0 Å². The molecule has 0 unspecified atom stereocenters. The molecule has 0 rings (SSSR count). The summed E-state index contributed by atoms with van der Waals surface area (Å²) in [6.07, 6.45) is 0. The van der Waals surface area contributed by atoms with Gasteiger partial charge in [-0.2, -0.15) is 0 Å². The Hall–Kier alpha value is 3.49. The molecule has 0 atom stereocenters. The third-order valence-corrected chi connectivity index (χ3v) is 0.493. The summed E-state index contributed by atoms with van der Waals surface area (Å²) in [4.78, 5) is 0. The zero-order valence-electron chi connectivity index (χ0n) is 6.24. The molecule has 0 spiro atoms. The second-order valence-corrected chi connectivity index (χ2v) is 1.11. The molecule has 0 saturated heterocycles. The average molecular weight is 273 g/mol. The van der Waals surface area contributed by atoms with Crippen molar-refractivity contribution in [3.05, 3.63) is 11.5 Å². The van der Waals surface area contributed by atoms with Crippen molar-refractivity contribution in [2.75, 3.05) is 26.3 Å². The Kier molecular flexibility index (Phi) is 35.7.